The maximum atomic E-state index is 15.0. The zero-order valence-electron chi connectivity index (χ0n) is 17.4. The van der Waals surface area contributed by atoms with Gasteiger partial charge in [-0.1, -0.05) is 31.2 Å². The summed E-state index contributed by atoms with van der Waals surface area (Å²) in [6.07, 6.45) is 2.51. The van der Waals surface area contributed by atoms with E-state index in [2.05, 4.69) is 15.3 Å². The van der Waals surface area contributed by atoms with Crippen LogP contribution in [0.3, 0.4) is 0 Å². The molecule has 0 radical (unpaired) electrons. The quantitative estimate of drug-likeness (QED) is 0.660. The SMILES string of the molecule is CCc1nc2ccc(CN3CC=C(c4ccc(C(=O)NC)cc4)CO3)c(F)c2[nH]c1=O. The van der Waals surface area contributed by atoms with Crippen molar-refractivity contribution in [1.82, 2.24) is 20.3 Å². The highest BCUT2D eigenvalue weighted by Gasteiger charge is 2.18. The predicted octanol–water partition coefficient (Wildman–Crippen LogP) is 2.82. The molecule has 0 spiro atoms. The summed E-state index contributed by atoms with van der Waals surface area (Å²) in [5.41, 5.74) is 3.55. The number of nitrogens with zero attached hydrogens (tertiary/aromatic N) is 2. The van der Waals surface area contributed by atoms with E-state index in [0.717, 1.165) is 11.1 Å². The van der Waals surface area contributed by atoms with E-state index in [1.54, 1.807) is 36.4 Å². The van der Waals surface area contributed by atoms with Crippen molar-refractivity contribution in [3.63, 3.8) is 0 Å². The van der Waals surface area contributed by atoms with Gasteiger partial charge in [-0.15, -0.1) is 0 Å². The van der Waals surface area contributed by atoms with Crippen molar-refractivity contribution in [1.29, 1.82) is 0 Å². The number of fused-ring (bicyclic) bond motifs is 1. The van der Waals surface area contributed by atoms with Gasteiger partial charge in [0.2, 0.25) is 0 Å². The zero-order valence-corrected chi connectivity index (χ0v) is 17.4. The van der Waals surface area contributed by atoms with Crippen LogP contribution >= 0.6 is 0 Å². The van der Waals surface area contributed by atoms with E-state index < -0.39 is 5.82 Å². The van der Waals surface area contributed by atoms with Crippen LogP contribution in [0.4, 0.5) is 4.39 Å². The number of carbonyl (C=O) groups is 1. The molecule has 7 nitrogen and oxygen atoms in total. The summed E-state index contributed by atoms with van der Waals surface area (Å²) in [4.78, 5) is 36.3. The number of amides is 1. The Bertz CT molecular complexity index is 1220. The standard InChI is InChI=1S/C23H23FN4O3/c1-3-18-23(30)27-21-19(26-18)9-8-16(20(21)24)12-28-11-10-17(13-31-28)14-4-6-15(7-5-14)22(29)25-2/h4-10H,3,11-13H2,1-2H3,(H,25,29)(H,27,30). The Morgan fingerprint density at radius 2 is 2.03 bits per heavy atom. The number of benzene rings is 2. The Morgan fingerprint density at radius 1 is 1.26 bits per heavy atom. The minimum absolute atomic E-state index is 0.115. The third kappa shape index (κ3) is 4.26. The van der Waals surface area contributed by atoms with E-state index in [4.69, 9.17) is 4.84 Å². The van der Waals surface area contributed by atoms with Gasteiger partial charge in [-0.25, -0.2) is 9.37 Å². The third-order valence-corrected chi connectivity index (χ3v) is 5.33. The molecule has 2 N–H and O–H groups in total. The molecule has 1 aliphatic heterocycles. The first-order valence-corrected chi connectivity index (χ1v) is 10.1. The topological polar surface area (TPSA) is 87.3 Å². The molecular weight excluding hydrogens is 399 g/mol. The molecule has 4 rings (SSSR count). The number of aryl methyl sites for hydroxylation is 1. The van der Waals surface area contributed by atoms with E-state index in [-0.39, 0.29) is 23.5 Å². The van der Waals surface area contributed by atoms with E-state index in [0.29, 0.717) is 41.9 Å². The average Bonchev–Trinajstić information content (AvgIpc) is 2.81. The Morgan fingerprint density at radius 3 is 2.68 bits per heavy atom. The Hall–Kier alpha value is -3.36. The molecule has 8 heteroatoms. The largest absolute Gasteiger partial charge is 0.355 e. The van der Waals surface area contributed by atoms with Gasteiger partial charge in [-0.05, 0) is 35.8 Å². The van der Waals surface area contributed by atoms with Crippen molar-refractivity contribution in [2.45, 2.75) is 19.9 Å². The molecule has 0 aliphatic carbocycles. The Kier molecular flexibility index (Phi) is 5.92. The minimum Gasteiger partial charge on any atom is -0.355 e. The van der Waals surface area contributed by atoms with Crippen molar-refractivity contribution < 1.29 is 14.0 Å². The van der Waals surface area contributed by atoms with Crippen LogP contribution in [-0.2, 0) is 17.8 Å². The van der Waals surface area contributed by atoms with Crippen LogP contribution in [0.2, 0.25) is 0 Å². The van der Waals surface area contributed by atoms with Crippen LogP contribution in [0.15, 0.2) is 47.3 Å². The number of halogens is 1. The molecule has 0 fully saturated rings. The number of hydrogen-bond donors (Lipinski definition) is 2. The smallest absolute Gasteiger partial charge is 0.270 e. The van der Waals surface area contributed by atoms with Crippen LogP contribution < -0.4 is 10.9 Å². The first-order chi connectivity index (χ1) is 15.0. The molecular formula is C23H23FN4O3. The molecule has 0 atom stereocenters. The molecule has 0 bridgehead atoms. The maximum Gasteiger partial charge on any atom is 0.270 e. The van der Waals surface area contributed by atoms with E-state index in [1.807, 2.05) is 25.1 Å². The summed E-state index contributed by atoms with van der Waals surface area (Å²) in [6, 6.07) is 10.7. The van der Waals surface area contributed by atoms with Crippen molar-refractivity contribution >= 4 is 22.5 Å². The van der Waals surface area contributed by atoms with Crippen LogP contribution in [0.1, 0.15) is 34.1 Å². The Balaban J connectivity index is 1.49. The highest BCUT2D eigenvalue weighted by molar-refractivity contribution is 5.94. The summed E-state index contributed by atoms with van der Waals surface area (Å²) in [6.45, 7) is 2.89. The minimum atomic E-state index is -0.493. The summed E-state index contributed by atoms with van der Waals surface area (Å²) in [7, 11) is 1.59. The highest BCUT2D eigenvalue weighted by Crippen LogP contribution is 2.23. The average molecular weight is 422 g/mol. The van der Waals surface area contributed by atoms with Crippen molar-refractivity contribution in [3.8, 4) is 0 Å². The molecule has 2 aromatic carbocycles. The lowest BCUT2D eigenvalue weighted by Crippen LogP contribution is -2.29. The summed E-state index contributed by atoms with van der Waals surface area (Å²) in [5, 5.41) is 4.26. The summed E-state index contributed by atoms with van der Waals surface area (Å²) in [5.74, 6) is -0.626. The number of rotatable bonds is 5. The van der Waals surface area contributed by atoms with Crippen molar-refractivity contribution in [2.24, 2.45) is 0 Å². The first-order valence-electron chi connectivity index (χ1n) is 10.1. The number of hydrogen-bond acceptors (Lipinski definition) is 5. The summed E-state index contributed by atoms with van der Waals surface area (Å²) >= 11 is 0. The molecule has 1 amide bonds. The third-order valence-electron chi connectivity index (χ3n) is 5.33. The highest BCUT2D eigenvalue weighted by atomic mass is 19.1. The maximum absolute atomic E-state index is 15.0. The number of nitrogens with one attached hydrogen (secondary N) is 2. The van der Waals surface area contributed by atoms with E-state index in [9.17, 15) is 14.0 Å². The van der Waals surface area contributed by atoms with Gasteiger partial charge in [0.1, 0.15) is 11.2 Å². The molecule has 1 aliphatic rings. The fraction of sp³-hybridized carbons (Fsp3) is 0.261. The molecule has 0 saturated heterocycles. The van der Waals surface area contributed by atoms with Gasteiger partial charge in [0.25, 0.3) is 11.5 Å². The van der Waals surface area contributed by atoms with E-state index in [1.165, 1.54) is 0 Å². The number of hydroxylamine groups is 2. The monoisotopic (exact) mass is 422 g/mol. The van der Waals surface area contributed by atoms with Gasteiger partial charge >= 0.3 is 0 Å². The van der Waals surface area contributed by atoms with Gasteiger partial charge in [0.15, 0.2) is 5.82 Å². The van der Waals surface area contributed by atoms with E-state index >= 15 is 0 Å². The van der Waals surface area contributed by atoms with Crippen molar-refractivity contribution in [3.05, 3.63) is 81.0 Å². The van der Waals surface area contributed by atoms with Gasteiger partial charge in [-0.2, -0.15) is 5.06 Å². The molecule has 0 saturated carbocycles. The van der Waals surface area contributed by atoms with Gasteiger partial charge < -0.3 is 10.3 Å². The van der Waals surface area contributed by atoms with Gasteiger partial charge in [0.05, 0.1) is 18.7 Å². The van der Waals surface area contributed by atoms with Crippen LogP contribution in [0, 0.1) is 5.82 Å². The second kappa shape index (κ2) is 8.79. The molecule has 0 unspecified atom stereocenters. The molecule has 3 aromatic rings. The lowest BCUT2D eigenvalue weighted by atomic mass is 10.0. The molecule has 160 valence electrons. The number of H-pyrrole nitrogens is 1. The fourth-order valence-corrected chi connectivity index (χ4v) is 3.53. The van der Waals surface area contributed by atoms with Crippen molar-refractivity contribution in [2.75, 3.05) is 20.2 Å². The number of aromatic nitrogens is 2. The lowest BCUT2D eigenvalue weighted by molar-refractivity contribution is -0.151. The van der Waals surface area contributed by atoms with Crippen LogP contribution in [0.5, 0.6) is 0 Å². The fourth-order valence-electron chi connectivity index (χ4n) is 3.53. The molecule has 2 heterocycles. The second-order valence-corrected chi connectivity index (χ2v) is 7.28. The Labute approximate surface area is 178 Å². The first kappa shape index (κ1) is 20.9. The number of aromatic amines is 1. The normalized spacial score (nSPS) is 14.5. The van der Waals surface area contributed by atoms with Gasteiger partial charge in [0, 0.05) is 24.7 Å². The van der Waals surface area contributed by atoms with Crippen LogP contribution in [0.25, 0.3) is 16.6 Å². The van der Waals surface area contributed by atoms with Gasteiger partial charge in [-0.3, -0.25) is 14.4 Å². The molecule has 1 aromatic heterocycles. The number of carbonyl (C=O) groups excluding carboxylic acids is 1. The van der Waals surface area contributed by atoms with Crippen LogP contribution in [-0.4, -0.2) is 41.1 Å². The summed E-state index contributed by atoms with van der Waals surface area (Å²) < 4.78 is 15.0. The molecule has 31 heavy (non-hydrogen) atoms. The zero-order chi connectivity index (χ0) is 22.0. The predicted molar refractivity (Wildman–Crippen MR) is 116 cm³/mol. The lowest BCUT2D eigenvalue weighted by Gasteiger charge is -2.26. The second-order valence-electron chi connectivity index (χ2n) is 7.28.